The van der Waals surface area contributed by atoms with Crippen LogP contribution in [-0.2, 0) is 6.54 Å². The Kier molecular flexibility index (Phi) is 5.46. The minimum absolute atomic E-state index is 0.265. The number of carbonyl (C=O) groups is 1. The summed E-state index contributed by atoms with van der Waals surface area (Å²) in [6, 6.07) is 14.3. The van der Waals surface area contributed by atoms with E-state index in [1.54, 1.807) is 18.2 Å². The molecule has 5 heteroatoms. The molecule has 0 unspecified atom stereocenters. The number of hydrogen-bond acceptors (Lipinski definition) is 2. The molecule has 2 rings (SSSR count). The van der Waals surface area contributed by atoms with E-state index in [0.717, 1.165) is 11.3 Å². The van der Waals surface area contributed by atoms with Crippen LogP contribution in [0.4, 0.5) is 10.5 Å². The number of ether oxygens (including phenoxy) is 1. The molecule has 2 amide bonds. The maximum atomic E-state index is 11.8. The first-order chi connectivity index (χ1) is 10.2. The molecule has 0 spiro atoms. The number of urea groups is 1. The lowest BCUT2D eigenvalue weighted by atomic mass is 10.2. The molecule has 110 valence electrons. The Balaban J connectivity index is 1.84. The van der Waals surface area contributed by atoms with Gasteiger partial charge in [0.1, 0.15) is 5.75 Å². The molecule has 0 atom stereocenters. The van der Waals surface area contributed by atoms with Gasteiger partial charge in [-0.25, -0.2) is 4.79 Å². The highest BCUT2D eigenvalue weighted by Gasteiger charge is 2.02. The van der Waals surface area contributed by atoms with Crippen LogP contribution in [0.25, 0.3) is 0 Å². The van der Waals surface area contributed by atoms with E-state index in [-0.39, 0.29) is 6.03 Å². The largest absolute Gasteiger partial charge is 0.494 e. The maximum absolute atomic E-state index is 11.8. The number of anilines is 1. The molecule has 21 heavy (non-hydrogen) atoms. The van der Waals surface area contributed by atoms with E-state index in [9.17, 15) is 4.79 Å². The van der Waals surface area contributed by atoms with Gasteiger partial charge in [0.15, 0.2) is 0 Å². The van der Waals surface area contributed by atoms with Crippen molar-refractivity contribution in [2.24, 2.45) is 0 Å². The summed E-state index contributed by atoms with van der Waals surface area (Å²) in [6.45, 7) is 2.96. The Morgan fingerprint density at radius 2 is 1.95 bits per heavy atom. The van der Waals surface area contributed by atoms with Gasteiger partial charge in [0.2, 0.25) is 0 Å². The van der Waals surface area contributed by atoms with Crippen LogP contribution in [0.15, 0.2) is 48.5 Å². The van der Waals surface area contributed by atoms with E-state index in [1.807, 2.05) is 37.3 Å². The number of carbonyl (C=O) groups excluding carboxylic acids is 1. The quantitative estimate of drug-likeness (QED) is 0.875. The minimum Gasteiger partial charge on any atom is -0.494 e. The summed E-state index contributed by atoms with van der Waals surface area (Å²) >= 11 is 5.89. The first-order valence-electron chi connectivity index (χ1n) is 6.69. The maximum Gasteiger partial charge on any atom is 0.319 e. The third-order valence-corrected chi connectivity index (χ3v) is 3.00. The number of halogens is 1. The SMILES string of the molecule is CCOc1ccc(NC(=O)NCc2cccc(Cl)c2)cc1. The van der Waals surface area contributed by atoms with Crippen LogP contribution in [0.1, 0.15) is 12.5 Å². The van der Waals surface area contributed by atoms with Gasteiger partial charge >= 0.3 is 6.03 Å². The van der Waals surface area contributed by atoms with Gasteiger partial charge in [-0.2, -0.15) is 0 Å². The Morgan fingerprint density at radius 1 is 1.19 bits per heavy atom. The van der Waals surface area contributed by atoms with E-state index < -0.39 is 0 Å². The second-order valence-electron chi connectivity index (χ2n) is 4.39. The summed E-state index contributed by atoms with van der Waals surface area (Å²) in [4.78, 5) is 11.8. The zero-order valence-electron chi connectivity index (χ0n) is 11.7. The molecule has 0 saturated heterocycles. The standard InChI is InChI=1S/C16H17ClN2O2/c1-2-21-15-8-6-14(7-9-15)19-16(20)18-11-12-4-3-5-13(17)10-12/h3-10H,2,11H2,1H3,(H2,18,19,20). The summed E-state index contributed by atoms with van der Waals surface area (Å²) in [5.74, 6) is 0.780. The lowest BCUT2D eigenvalue weighted by Gasteiger charge is -2.09. The number of benzene rings is 2. The van der Waals surface area contributed by atoms with Crippen molar-refractivity contribution in [3.8, 4) is 5.75 Å². The second-order valence-corrected chi connectivity index (χ2v) is 4.83. The van der Waals surface area contributed by atoms with E-state index in [2.05, 4.69) is 10.6 Å². The van der Waals surface area contributed by atoms with E-state index in [0.29, 0.717) is 23.9 Å². The fourth-order valence-electron chi connectivity index (χ4n) is 1.81. The summed E-state index contributed by atoms with van der Waals surface area (Å²) in [5.41, 5.74) is 1.66. The lowest BCUT2D eigenvalue weighted by Crippen LogP contribution is -2.28. The number of amides is 2. The van der Waals surface area contributed by atoms with Gasteiger partial charge < -0.3 is 15.4 Å². The Morgan fingerprint density at radius 3 is 2.62 bits per heavy atom. The van der Waals surface area contributed by atoms with Crippen LogP contribution in [0.2, 0.25) is 5.02 Å². The minimum atomic E-state index is -0.265. The molecule has 0 aliphatic rings. The molecule has 2 aromatic rings. The molecule has 0 aromatic heterocycles. The average Bonchev–Trinajstić information content (AvgIpc) is 2.48. The van der Waals surface area contributed by atoms with Crippen LogP contribution in [0, 0.1) is 0 Å². The molecule has 0 fully saturated rings. The fourth-order valence-corrected chi connectivity index (χ4v) is 2.02. The zero-order valence-corrected chi connectivity index (χ0v) is 12.5. The van der Waals surface area contributed by atoms with Crippen molar-refractivity contribution in [1.29, 1.82) is 0 Å². The molecule has 0 radical (unpaired) electrons. The summed E-state index contributed by atoms with van der Waals surface area (Å²) < 4.78 is 5.34. The molecule has 2 aromatic carbocycles. The Labute approximate surface area is 129 Å². The van der Waals surface area contributed by atoms with E-state index >= 15 is 0 Å². The number of hydrogen-bond donors (Lipinski definition) is 2. The third-order valence-electron chi connectivity index (χ3n) is 2.77. The molecular formula is C16H17ClN2O2. The lowest BCUT2D eigenvalue weighted by molar-refractivity contribution is 0.251. The van der Waals surface area contributed by atoms with E-state index in [1.165, 1.54) is 0 Å². The van der Waals surface area contributed by atoms with Crippen LogP contribution in [0.3, 0.4) is 0 Å². The van der Waals surface area contributed by atoms with Gasteiger partial charge in [0.25, 0.3) is 0 Å². The summed E-state index contributed by atoms with van der Waals surface area (Å²) in [5, 5.41) is 6.19. The van der Waals surface area contributed by atoms with Crippen LogP contribution in [-0.4, -0.2) is 12.6 Å². The van der Waals surface area contributed by atoms with Crippen molar-refractivity contribution in [3.05, 3.63) is 59.1 Å². The smallest absolute Gasteiger partial charge is 0.319 e. The molecule has 0 aliphatic heterocycles. The van der Waals surface area contributed by atoms with Gasteiger partial charge in [-0.15, -0.1) is 0 Å². The average molecular weight is 305 g/mol. The molecule has 0 aliphatic carbocycles. The highest BCUT2D eigenvalue weighted by atomic mass is 35.5. The molecule has 0 heterocycles. The first kappa shape index (κ1) is 15.2. The van der Waals surface area contributed by atoms with Crippen molar-refractivity contribution in [1.82, 2.24) is 5.32 Å². The van der Waals surface area contributed by atoms with Gasteiger partial charge in [0.05, 0.1) is 6.61 Å². The van der Waals surface area contributed by atoms with Crippen LogP contribution >= 0.6 is 11.6 Å². The topological polar surface area (TPSA) is 50.4 Å². The fraction of sp³-hybridized carbons (Fsp3) is 0.188. The van der Waals surface area contributed by atoms with Crippen molar-refractivity contribution < 1.29 is 9.53 Å². The van der Waals surface area contributed by atoms with Gasteiger partial charge in [-0.3, -0.25) is 0 Å². The van der Waals surface area contributed by atoms with Crippen molar-refractivity contribution in [2.45, 2.75) is 13.5 Å². The van der Waals surface area contributed by atoms with Crippen molar-refractivity contribution >= 4 is 23.3 Å². The van der Waals surface area contributed by atoms with Crippen molar-refractivity contribution in [2.75, 3.05) is 11.9 Å². The normalized spacial score (nSPS) is 10.0. The van der Waals surface area contributed by atoms with Gasteiger partial charge in [0, 0.05) is 17.3 Å². The third kappa shape index (κ3) is 5.00. The molecule has 0 saturated carbocycles. The highest BCUT2D eigenvalue weighted by molar-refractivity contribution is 6.30. The summed E-state index contributed by atoms with van der Waals surface area (Å²) in [7, 11) is 0. The second kappa shape index (κ2) is 7.55. The molecular weight excluding hydrogens is 288 g/mol. The monoisotopic (exact) mass is 304 g/mol. The molecule has 2 N–H and O–H groups in total. The molecule has 4 nitrogen and oxygen atoms in total. The Hall–Kier alpha value is -2.20. The Bertz CT molecular complexity index is 599. The van der Waals surface area contributed by atoms with E-state index in [4.69, 9.17) is 16.3 Å². The van der Waals surface area contributed by atoms with Crippen LogP contribution < -0.4 is 15.4 Å². The highest BCUT2D eigenvalue weighted by Crippen LogP contribution is 2.15. The van der Waals surface area contributed by atoms with Crippen molar-refractivity contribution in [3.63, 3.8) is 0 Å². The van der Waals surface area contributed by atoms with Crippen LogP contribution in [0.5, 0.6) is 5.75 Å². The first-order valence-corrected chi connectivity index (χ1v) is 7.07. The predicted octanol–water partition coefficient (Wildman–Crippen LogP) is 4.06. The van der Waals surface area contributed by atoms with Gasteiger partial charge in [-0.1, -0.05) is 23.7 Å². The molecule has 0 bridgehead atoms. The predicted molar refractivity (Wildman–Crippen MR) is 84.9 cm³/mol. The van der Waals surface area contributed by atoms with Gasteiger partial charge in [-0.05, 0) is 48.9 Å². The zero-order chi connectivity index (χ0) is 15.1. The number of nitrogens with one attached hydrogen (secondary N) is 2. The summed E-state index contributed by atoms with van der Waals surface area (Å²) in [6.07, 6.45) is 0. The number of rotatable bonds is 5.